The molecule has 0 radical (unpaired) electrons. The van der Waals surface area contributed by atoms with Gasteiger partial charge in [-0.2, -0.15) is 0 Å². The van der Waals surface area contributed by atoms with Crippen LogP contribution in [0.2, 0.25) is 5.02 Å². The quantitative estimate of drug-likeness (QED) is 0.884. The molecule has 2 N–H and O–H groups in total. The van der Waals surface area contributed by atoms with E-state index in [1.165, 1.54) is 6.07 Å². The van der Waals surface area contributed by atoms with Crippen LogP contribution < -0.4 is 10.6 Å². The molecule has 1 aliphatic heterocycles. The van der Waals surface area contributed by atoms with Gasteiger partial charge in [0.15, 0.2) is 0 Å². The second-order valence-electron chi connectivity index (χ2n) is 4.63. The lowest BCUT2D eigenvalue weighted by molar-refractivity contribution is 0.0731. The lowest BCUT2D eigenvalue weighted by Gasteiger charge is -2.27. The smallest absolute Gasteiger partial charge is 0.146 e. The molecular formula is C13H18ClFN2O. The van der Waals surface area contributed by atoms with Gasteiger partial charge in [-0.3, -0.25) is 0 Å². The summed E-state index contributed by atoms with van der Waals surface area (Å²) in [4.78, 5) is 0. The normalized spacial score (nSPS) is 21.6. The highest BCUT2D eigenvalue weighted by atomic mass is 35.5. The zero-order chi connectivity index (χ0) is 13.0. The molecule has 0 amide bonds. The van der Waals surface area contributed by atoms with Gasteiger partial charge in [0.25, 0.3) is 0 Å². The molecule has 1 aromatic rings. The number of anilines is 1. The van der Waals surface area contributed by atoms with Crippen LogP contribution in [0.25, 0.3) is 0 Å². The number of ether oxygens (including phenoxy) is 1. The molecule has 0 saturated carbocycles. The second kappa shape index (κ2) is 6.36. The molecular weight excluding hydrogens is 255 g/mol. The molecule has 1 fully saturated rings. The number of morpholine rings is 1. The molecule has 100 valence electrons. The maximum Gasteiger partial charge on any atom is 0.146 e. The second-order valence-corrected chi connectivity index (χ2v) is 5.07. The van der Waals surface area contributed by atoms with Crippen LogP contribution in [0.5, 0.6) is 0 Å². The third kappa shape index (κ3) is 3.83. The number of halogens is 2. The van der Waals surface area contributed by atoms with Gasteiger partial charge in [0, 0.05) is 23.7 Å². The first-order valence-electron chi connectivity index (χ1n) is 6.18. The Morgan fingerprint density at radius 3 is 3.17 bits per heavy atom. The summed E-state index contributed by atoms with van der Waals surface area (Å²) in [6.45, 7) is 4.38. The van der Waals surface area contributed by atoms with Gasteiger partial charge in [0.2, 0.25) is 0 Å². The zero-order valence-corrected chi connectivity index (χ0v) is 11.1. The Balaban J connectivity index is 1.89. The van der Waals surface area contributed by atoms with Crippen molar-refractivity contribution in [3.05, 3.63) is 29.0 Å². The lowest BCUT2D eigenvalue weighted by Crippen LogP contribution is -2.43. The van der Waals surface area contributed by atoms with Crippen molar-refractivity contribution in [3.8, 4) is 0 Å². The van der Waals surface area contributed by atoms with E-state index < -0.39 is 0 Å². The minimum absolute atomic E-state index is 0.150. The lowest BCUT2D eigenvalue weighted by atomic mass is 10.1. The van der Waals surface area contributed by atoms with Crippen molar-refractivity contribution in [2.24, 2.45) is 0 Å². The molecule has 0 aromatic heterocycles. The van der Waals surface area contributed by atoms with Crippen molar-refractivity contribution in [1.82, 2.24) is 5.32 Å². The Labute approximate surface area is 112 Å². The molecule has 3 nitrogen and oxygen atoms in total. The van der Waals surface area contributed by atoms with Crippen LogP contribution in [0.4, 0.5) is 10.1 Å². The monoisotopic (exact) mass is 272 g/mol. The maximum absolute atomic E-state index is 13.5. The van der Waals surface area contributed by atoms with Crippen LogP contribution >= 0.6 is 11.6 Å². The predicted molar refractivity (Wildman–Crippen MR) is 71.7 cm³/mol. The van der Waals surface area contributed by atoms with E-state index in [0.717, 1.165) is 19.6 Å². The summed E-state index contributed by atoms with van der Waals surface area (Å²) >= 11 is 5.85. The van der Waals surface area contributed by atoms with Gasteiger partial charge >= 0.3 is 0 Å². The van der Waals surface area contributed by atoms with Gasteiger partial charge < -0.3 is 15.4 Å². The van der Waals surface area contributed by atoms with Gasteiger partial charge in [-0.1, -0.05) is 11.6 Å². The summed E-state index contributed by atoms with van der Waals surface area (Å²) in [6.07, 6.45) is 0.881. The highest BCUT2D eigenvalue weighted by Crippen LogP contribution is 2.21. The van der Waals surface area contributed by atoms with E-state index in [0.29, 0.717) is 23.4 Å². The van der Waals surface area contributed by atoms with Crippen molar-refractivity contribution < 1.29 is 9.13 Å². The minimum atomic E-state index is -0.279. The fraction of sp³-hybridized carbons (Fsp3) is 0.538. The van der Waals surface area contributed by atoms with Gasteiger partial charge in [0.1, 0.15) is 5.82 Å². The fourth-order valence-corrected chi connectivity index (χ4v) is 2.30. The molecule has 0 bridgehead atoms. The van der Waals surface area contributed by atoms with Crippen LogP contribution in [0.15, 0.2) is 18.2 Å². The molecule has 2 atom stereocenters. The van der Waals surface area contributed by atoms with E-state index in [2.05, 4.69) is 10.6 Å². The van der Waals surface area contributed by atoms with Crippen molar-refractivity contribution in [2.45, 2.75) is 25.4 Å². The van der Waals surface area contributed by atoms with Crippen LogP contribution in [-0.4, -0.2) is 31.8 Å². The summed E-state index contributed by atoms with van der Waals surface area (Å²) in [5.74, 6) is -0.279. The number of hydrogen-bond acceptors (Lipinski definition) is 3. The molecule has 5 heteroatoms. The number of nitrogens with one attached hydrogen (secondary N) is 2. The third-order valence-electron chi connectivity index (χ3n) is 2.97. The Hall–Kier alpha value is -0.840. The highest BCUT2D eigenvalue weighted by Gasteiger charge is 2.16. The summed E-state index contributed by atoms with van der Waals surface area (Å²) < 4.78 is 18.9. The van der Waals surface area contributed by atoms with E-state index in [4.69, 9.17) is 16.3 Å². The molecule has 1 aromatic carbocycles. The SMILES string of the molecule is CC(CC1COCCN1)Nc1cc(Cl)ccc1F. The first kappa shape index (κ1) is 13.6. The average Bonchev–Trinajstić information content (AvgIpc) is 2.35. The average molecular weight is 273 g/mol. The fourth-order valence-electron chi connectivity index (χ4n) is 2.13. The first-order chi connectivity index (χ1) is 8.65. The summed E-state index contributed by atoms with van der Waals surface area (Å²) in [5.41, 5.74) is 0.451. The van der Waals surface area contributed by atoms with Crippen molar-refractivity contribution >= 4 is 17.3 Å². The van der Waals surface area contributed by atoms with E-state index in [-0.39, 0.29) is 11.9 Å². The molecule has 1 aliphatic rings. The molecule has 0 aliphatic carbocycles. The third-order valence-corrected chi connectivity index (χ3v) is 3.20. The zero-order valence-electron chi connectivity index (χ0n) is 10.4. The number of benzene rings is 1. The van der Waals surface area contributed by atoms with Crippen LogP contribution in [0.3, 0.4) is 0 Å². The van der Waals surface area contributed by atoms with Gasteiger partial charge in [-0.25, -0.2) is 4.39 Å². The Morgan fingerprint density at radius 1 is 1.61 bits per heavy atom. The van der Waals surface area contributed by atoms with E-state index in [1.807, 2.05) is 6.92 Å². The van der Waals surface area contributed by atoms with Crippen molar-refractivity contribution in [2.75, 3.05) is 25.1 Å². The van der Waals surface area contributed by atoms with E-state index in [9.17, 15) is 4.39 Å². The van der Waals surface area contributed by atoms with Crippen molar-refractivity contribution in [1.29, 1.82) is 0 Å². The van der Waals surface area contributed by atoms with E-state index >= 15 is 0 Å². The topological polar surface area (TPSA) is 33.3 Å². The maximum atomic E-state index is 13.5. The molecule has 2 unspecified atom stereocenters. The Bertz CT molecular complexity index is 397. The first-order valence-corrected chi connectivity index (χ1v) is 6.55. The molecule has 1 saturated heterocycles. The Morgan fingerprint density at radius 2 is 2.44 bits per heavy atom. The Kier molecular flexibility index (Phi) is 4.80. The van der Waals surface area contributed by atoms with Crippen LogP contribution in [0, 0.1) is 5.82 Å². The molecule has 18 heavy (non-hydrogen) atoms. The summed E-state index contributed by atoms with van der Waals surface area (Å²) in [6, 6.07) is 5.00. The van der Waals surface area contributed by atoms with Crippen molar-refractivity contribution in [3.63, 3.8) is 0 Å². The van der Waals surface area contributed by atoms with Gasteiger partial charge in [-0.15, -0.1) is 0 Å². The van der Waals surface area contributed by atoms with Crippen LogP contribution in [-0.2, 0) is 4.74 Å². The number of hydrogen-bond donors (Lipinski definition) is 2. The van der Waals surface area contributed by atoms with Gasteiger partial charge in [-0.05, 0) is 31.5 Å². The summed E-state index contributed by atoms with van der Waals surface area (Å²) in [5, 5.41) is 7.05. The summed E-state index contributed by atoms with van der Waals surface area (Å²) in [7, 11) is 0. The predicted octanol–water partition coefficient (Wildman–Crippen LogP) is 2.66. The largest absolute Gasteiger partial charge is 0.380 e. The molecule has 1 heterocycles. The number of rotatable bonds is 4. The standard InChI is InChI=1S/C13H18ClFN2O/c1-9(6-11-8-18-5-4-16-11)17-13-7-10(14)2-3-12(13)15/h2-3,7,9,11,16-17H,4-6,8H2,1H3. The molecule has 0 spiro atoms. The van der Waals surface area contributed by atoms with E-state index in [1.54, 1.807) is 12.1 Å². The van der Waals surface area contributed by atoms with Crippen LogP contribution in [0.1, 0.15) is 13.3 Å². The molecule has 2 rings (SSSR count). The minimum Gasteiger partial charge on any atom is -0.380 e. The highest BCUT2D eigenvalue weighted by molar-refractivity contribution is 6.30. The van der Waals surface area contributed by atoms with Gasteiger partial charge in [0.05, 0.1) is 18.9 Å².